The third-order valence-corrected chi connectivity index (χ3v) is 3.49. The van der Waals surface area contributed by atoms with E-state index in [2.05, 4.69) is 20.4 Å². The molecular weight excluding hydrogens is 286 g/mol. The Morgan fingerprint density at radius 3 is 2.91 bits per heavy atom. The second kappa shape index (κ2) is 11.3. The van der Waals surface area contributed by atoms with Gasteiger partial charge in [-0.3, -0.25) is 9.79 Å². The van der Waals surface area contributed by atoms with Crippen molar-refractivity contribution >= 4 is 11.9 Å². The van der Waals surface area contributed by atoms with E-state index < -0.39 is 0 Å². The van der Waals surface area contributed by atoms with Gasteiger partial charge in [0.15, 0.2) is 5.96 Å². The molecule has 2 N–H and O–H groups in total. The van der Waals surface area contributed by atoms with Crippen molar-refractivity contribution in [3.05, 3.63) is 0 Å². The van der Waals surface area contributed by atoms with Crippen molar-refractivity contribution in [3.63, 3.8) is 0 Å². The van der Waals surface area contributed by atoms with Crippen LogP contribution in [0, 0.1) is 5.92 Å². The summed E-state index contributed by atoms with van der Waals surface area (Å²) < 4.78 is 15.8. The fraction of sp³-hybridized carbons (Fsp3) is 0.867. The highest BCUT2D eigenvalue weighted by molar-refractivity contribution is 5.80. The number of carbonyl (C=O) groups is 1. The van der Waals surface area contributed by atoms with Gasteiger partial charge in [-0.1, -0.05) is 6.92 Å². The first-order valence-corrected chi connectivity index (χ1v) is 7.89. The fourth-order valence-corrected chi connectivity index (χ4v) is 2.13. The first kappa shape index (κ1) is 18.7. The van der Waals surface area contributed by atoms with Crippen LogP contribution in [-0.2, 0) is 19.0 Å². The molecule has 2 unspecified atom stereocenters. The van der Waals surface area contributed by atoms with E-state index >= 15 is 0 Å². The zero-order valence-corrected chi connectivity index (χ0v) is 13.9. The summed E-state index contributed by atoms with van der Waals surface area (Å²) in [7, 11) is 3.09. The van der Waals surface area contributed by atoms with Gasteiger partial charge in [0.05, 0.1) is 25.7 Å². The Morgan fingerprint density at radius 1 is 1.45 bits per heavy atom. The van der Waals surface area contributed by atoms with Crippen molar-refractivity contribution in [1.29, 1.82) is 0 Å². The van der Waals surface area contributed by atoms with E-state index in [0.717, 1.165) is 32.4 Å². The van der Waals surface area contributed by atoms with E-state index in [4.69, 9.17) is 9.47 Å². The minimum absolute atomic E-state index is 0.210. The average Bonchev–Trinajstić information content (AvgIpc) is 3.05. The van der Waals surface area contributed by atoms with Crippen molar-refractivity contribution in [2.24, 2.45) is 10.9 Å². The Morgan fingerprint density at radius 2 is 2.27 bits per heavy atom. The Kier molecular flexibility index (Phi) is 9.57. The molecule has 0 aromatic carbocycles. The molecule has 2 atom stereocenters. The number of nitrogens with one attached hydrogen (secondary N) is 2. The molecular formula is C15H29N3O4. The van der Waals surface area contributed by atoms with Gasteiger partial charge in [0.1, 0.15) is 0 Å². The summed E-state index contributed by atoms with van der Waals surface area (Å²) in [5, 5.41) is 6.28. The van der Waals surface area contributed by atoms with Crippen molar-refractivity contribution in [2.75, 3.05) is 47.1 Å². The number of aliphatic imine (C=N–C) groups is 1. The number of guanidine groups is 1. The predicted octanol–water partition coefficient (Wildman–Crippen LogP) is 0.546. The number of nitrogens with zero attached hydrogens (tertiary/aromatic N) is 1. The van der Waals surface area contributed by atoms with Crippen LogP contribution in [0.5, 0.6) is 0 Å². The number of ether oxygens (including phenoxy) is 3. The van der Waals surface area contributed by atoms with Crippen molar-refractivity contribution in [1.82, 2.24) is 10.6 Å². The molecule has 0 radical (unpaired) electrons. The van der Waals surface area contributed by atoms with Crippen LogP contribution in [0.4, 0.5) is 0 Å². The van der Waals surface area contributed by atoms with Gasteiger partial charge in [-0.15, -0.1) is 0 Å². The summed E-state index contributed by atoms with van der Waals surface area (Å²) in [5.74, 6) is 0.235. The molecule has 1 aliphatic heterocycles. The molecule has 22 heavy (non-hydrogen) atoms. The van der Waals surface area contributed by atoms with Gasteiger partial charge in [-0.2, -0.15) is 0 Å². The maximum Gasteiger partial charge on any atom is 0.310 e. The lowest BCUT2D eigenvalue weighted by Crippen LogP contribution is -2.41. The molecule has 0 aliphatic carbocycles. The average molecular weight is 315 g/mol. The van der Waals surface area contributed by atoms with E-state index in [1.54, 1.807) is 7.05 Å². The van der Waals surface area contributed by atoms with Crippen LogP contribution in [0.1, 0.15) is 26.2 Å². The van der Waals surface area contributed by atoms with Gasteiger partial charge in [0.2, 0.25) is 0 Å². The summed E-state index contributed by atoms with van der Waals surface area (Å²) in [4.78, 5) is 15.4. The summed E-state index contributed by atoms with van der Waals surface area (Å²) in [6, 6.07) is 0. The summed E-state index contributed by atoms with van der Waals surface area (Å²) in [6.07, 6.45) is 3.41. The fourth-order valence-electron chi connectivity index (χ4n) is 2.13. The lowest BCUT2D eigenvalue weighted by atomic mass is 10.2. The number of esters is 1. The van der Waals surface area contributed by atoms with Gasteiger partial charge in [0.25, 0.3) is 0 Å². The molecule has 7 nitrogen and oxygen atoms in total. The minimum atomic E-state index is -0.231. The van der Waals surface area contributed by atoms with Crippen LogP contribution >= 0.6 is 0 Å². The smallest absolute Gasteiger partial charge is 0.310 e. The van der Waals surface area contributed by atoms with Gasteiger partial charge in [-0.25, -0.2) is 0 Å². The first-order valence-electron chi connectivity index (χ1n) is 7.89. The van der Waals surface area contributed by atoms with E-state index in [9.17, 15) is 4.79 Å². The Hall–Kier alpha value is -1.34. The third kappa shape index (κ3) is 7.61. The van der Waals surface area contributed by atoms with Crippen LogP contribution in [0.3, 0.4) is 0 Å². The minimum Gasteiger partial charge on any atom is -0.469 e. The van der Waals surface area contributed by atoms with Gasteiger partial charge in [-0.05, 0) is 19.3 Å². The lowest BCUT2D eigenvalue weighted by Gasteiger charge is -2.15. The lowest BCUT2D eigenvalue weighted by molar-refractivity contribution is -0.144. The highest BCUT2D eigenvalue weighted by atomic mass is 16.5. The van der Waals surface area contributed by atoms with Crippen molar-refractivity contribution in [2.45, 2.75) is 32.3 Å². The van der Waals surface area contributed by atoms with Crippen LogP contribution in [0.2, 0.25) is 0 Å². The van der Waals surface area contributed by atoms with Gasteiger partial charge >= 0.3 is 5.97 Å². The van der Waals surface area contributed by atoms with Gasteiger partial charge in [0, 0.05) is 33.4 Å². The molecule has 0 bridgehead atoms. The molecule has 7 heteroatoms. The molecule has 0 saturated carbocycles. The highest BCUT2D eigenvalue weighted by Gasteiger charge is 2.15. The maximum absolute atomic E-state index is 11.3. The Labute approximate surface area is 132 Å². The second-order valence-corrected chi connectivity index (χ2v) is 5.37. The van der Waals surface area contributed by atoms with Crippen molar-refractivity contribution in [3.8, 4) is 0 Å². The van der Waals surface area contributed by atoms with E-state index in [1.165, 1.54) is 7.11 Å². The standard InChI is InChI=1S/C15H29N3O4/c1-12(14(19)20-3)10-18-15(16-2)17-7-5-8-21-11-13-6-4-9-22-13/h12-13H,4-11H2,1-3H3,(H2,16,17,18). The SMILES string of the molecule is CN=C(NCCCOCC1CCCO1)NCC(C)C(=O)OC. The number of hydrogen-bond donors (Lipinski definition) is 2. The third-order valence-electron chi connectivity index (χ3n) is 3.49. The zero-order chi connectivity index (χ0) is 16.2. The molecule has 0 aromatic rings. The quantitative estimate of drug-likeness (QED) is 0.280. The molecule has 1 heterocycles. The summed E-state index contributed by atoms with van der Waals surface area (Å²) in [6.45, 7) is 5.30. The molecule has 1 saturated heterocycles. The molecule has 0 aromatic heterocycles. The maximum atomic E-state index is 11.3. The number of rotatable bonds is 9. The first-order chi connectivity index (χ1) is 10.7. The molecule has 128 valence electrons. The van der Waals surface area contributed by atoms with Crippen molar-refractivity contribution < 1.29 is 19.0 Å². The number of hydrogen-bond acceptors (Lipinski definition) is 5. The van der Waals surface area contributed by atoms with Crippen LogP contribution in [0.25, 0.3) is 0 Å². The largest absolute Gasteiger partial charge is 0.469 e. The summed E-state index contributed by atoms with van der Waals surface area (Å²) in [5.41, 5.74) is 0. The van der Waals surface area contributed by atoms with Crippen LogP contribution in [0.15, 0.2) is 4.99 Å². The topological polar surface area (TPSA) is 81.2 Å². The molecule has 1 aliphatic rings. The van der Waals surface area contributed by atoms with E-state index in [-0.39, 0.29) is 18.0 Å². The summed E-state index contributed by atoms with van der Waals surface area (Å²) >= 11 is 0. The second-order valence-electron chi connectivity index (χ2n) is 5.37. The number of carbonyl (C=O) groups excluding carboxylic acids is 1. The monoisotopic (exact) mass is 315 g/mol. The molecule has 1 fully saturated rings. The van der Waals surface area contributed by atoms with Gasteiger partial charge < -0.3 is 24.8 Å². The highest BCUT2D eigenvalue weighted by Crippen LogP contribution is 2.11. The van der Waals surface area contributed by atoms with Crippen LogP contribution in [-0.4, -0.2) is 65.1 Å². The normalized spacial score (nSPS) is 19.8. The molecule has 0 amide bonds. The molecule has 1 rings (SSSR count). The Balaban J connectivity index is 2.02. The van der Waals surface area contributed by atoms with E-state index in [0.29, 0.717) is 25.7 Å². The zero-order valence-electron chi connectivity index (χ0n) is 13.9. The number of methoxy groups -OCH3 is 1. The predicted molar refractivity (Wildman–Crippen MR) is 85.0 cm³/mol. The van der Waals surface area contributed by atoms with Crippen LogP contribution < -0.4 is 10.6 Å². The molecule has 0 spiro atoms. The van der Waals surface area contributed by atoms with E-state index in [1.807, 2.05) is 6.92 Å². The Bertz CT molecular complexity index is 344.